The van der Waals surface area contributed by atoms with E-state index in [1.54, 1.807) is 11.9 Å². The van der Waals surface area contributed by atoms with Gasteiger partial charge in [0.15, 0.2) is 0 Å². The molecular weight excluding hydrogens is 236 g/mol. The third kappa shape index (κ3) is 2.45. The topological polar surface area (TPSA) is 90.5 Å². The highest BCUT2D eigenvalue weighted by Crippen LogP contribution is 2.16. The van der Waals surface area contributed by atoms with Crippen molar-refractivity contribution >= 4 is 17.7 Å². The van der Waals surface area contributed by atoms with Gasteiger partial charge in [-0.25, -0.2) is 0 Å². The van der Waals surface area contributed by atoms with Crippen LogP contribution in [0.2, 0.25) is 0 Å². The summed E-state index contributed by atoms with van der Waals surface area (Å²) in [5.74, 6) is -0.709. The number of carbonyl (C=O) groups is 3. The van der Waals surface area contributed by atoms with Crippen LogP contribution >= 0.6 is 0 Å². The van der Waals surface area contributed by atoms with Crippen molar-refractivity contribution in [2.45, 2.75) is 12.5 Å². The summed E-state index contributed by atoms with van der Waals surface area (Å²) in [6.07, 6.45) is 0.225. The van der Waals surface area contributed by atoms with Gasteiger partial charge in [-0.05, 0) is 0 Å². The van der Waals surface area contributed by atoms with E-state index in [-0.39, 0.29) is 30.1 Å². The first kappa shape index (κ1) is 12.8. The molecular formula is C11H18N4O3. The molecule has 0 bridgehead atoms. The fraction of sp³-hybridized carbons (Fsp3) is 0.727. The van der Waals surface area contributed by atoms with Crippen LogP contribution in [0.5, 0.6) is 0 Å². The summed E-state index contributed by atoms with van der Waals surface area (Å²) >= 11 is 0. The maximum Gasteiger partial charge on any atom is 0.243 e. The van der Waals surface area contributed by atoms with Crippen molar-refractivity contribution in [1.29, 1.82) is 0 Å². The summed E-state index contributed by atoms with van der Waals surface area (Å²) < 4.78 is 0. The van der Waals surface area contributed by atoms with E-state index in [9.17, 15) is 14.4 Å². The van der Waals surface area contributed by atoms with Gasteiger partial charge in [-0.2, -0.15) is 0 Å². The number of amides is 3. The Morgan fingerprint density at radius 1 is 1.39 bits per heavy atom. The molecule has 2 heterocycles. The molecule has 2 atom stereocenters. The number of carbonyl (C=O) groups excluding carboxylic acids is 3. The van der Waals surface area contributed by atoms with Crippen LogP contribution in [0, 0.1) is 5.92 Å². The highest BCUT2D eigenvalue weighted by Gasteiger charge is 2.37. The van der Waals surface area contributed by atoms with Crippen LogP contribution in [0.1, 0.15) is 6.42 Å². The molecule has 0 aromatic carbocycles. The second-order valence-electron chi connectivity index (χ2n) is 4.57. The van der Waals surface area contributed by atoms with E-state index in [1.807, 2.05) is 0 Å². The Bertz CT molecular complexity index is 371. The maximum atomic E-state index is 12.3. The Kier molecular flexibility index (Phi) is 3.81. The van der Waals surface area contributed by atoms with Gasteiger partial charge in [-0.1, -0.05) is 0 Å². The van der Waals surface area contributed by atoms with Crippen molar-refractivity contribution in [3.05, 3.63) is 0 Å². The molecule has 0 aliphatic carbocycles. The minimum absolute atomic E-state index is 0.0972. The van der Waals surface area contributed by atoms with Crippen LogP contribution in [0.25, 0.3) is 0 Å². The SMILES string of the molecule is CNC(=O)C1CNCCN1C(=O)C1CNC(=O)C1. The summed E-state index contributed by atoms with van der Waals surface area (Å²) in [6.45, 7) is 2.01. The summed E-state index contributed by atoms with van der Waals surface area (Å²) in [6, 6.07) is -0.480. The molecule has 7 nitrogen and oxygen atoms in total. The third-order valence-electron chi connectivity index (χ3n) is 3.40. The van der Waals surface area contributed by atoms with Crippen LogP contribution in [0.4, 0.5) is 0 Å². The van der Waals surface area contributed by atoms with Crippen LogP contribution in [-0.2, 0) is 14.4 Å². The van der Waals surface area contributed by atoms with E-state index >= 15 is 0 Å². The minimum atomic E-state index is -0.480. The molecule has 2 saturated heterocycles. The number of hydrogen-bond donors (Lipinski definition) is 3. The summed E-state index contributed by atoms with van der Waals surface area (Å²) in [5.41, 5.74) is 0. The second-order valence-corrected chi connectivity index (χ2v) is 4.57. The zero-order chi connectivity index (χ0) is 13.1. The Hall–Kier alpha value is -1.63. The molecule has 2 aliphatic rings. The lowest BCUT2D eigenvalue weighted by atomic mass is 10.0. The average molecular weight is 254 g/mol. The van der Waals surface area contributed by atoms with Gasteiger partial charge in [0, 0.05) is 39.6 Å². The van der Waals surface area contributed by atoms with E-state index in [2.05, 4.69) is 16.0 Å². The van der Waals surface area contributed by atoms with Crippen molar-refractivity contribution in [1.82, 2.24) is 20.9 Å². The molecule has 0 aromatic heterocycles. The first-order valence-corrected chi connectivity index (χ1v) is 6.13. The van der Waals surface area contributed by atoms with Crippen molar-refractivity contribution in [3.8, 4) is 0 Å². The van der Waals surface area contributed by atoms with Gasteiger partial charge in [0.25, 0.3) is 0 Å². The fourth-order valence-electron chi connectivity index (χ4n) is 2.38. The highest BCUT2D eigenvalue weighted by atomic mass is 16.2. The number of piperazine rings is 1. The van der Waals surface area contributed by atoms with Gasteiger partial charge in [-0.3, -0.25) is 14.4 Å². The Morgan fingerprint density at radius 3 is 2.78 bits per heavy atom. The lowest BCUT2D eigenvalue weighted by Crippen LogP contribution is -2.60. The van der Waals surface area contributed by atoms with Gasteiger partial charge >= 0.3 is 0 Å². The highest BCUT2D eigenvalue weighted by molar-refractivity contribution is 5.92. The molecule has 2 rings (SSSR count). The van der Waals surface area contributed by atoms with Gasteiger partial charge < -0.3 is 20.9 Å². The van der Waals surface area contributed by atoms with Crippen molar-refractivity contribution in [2.24, 2.45) is 5.92 Å². The van der Waals surface area contributed by atoms with E-state index in [0.29, 0.717) is 26.2 Å². The molecule has 100 valence electrons. The Morgan fingerprint density at radius 2 is 2.17 bits per heavy atom. The zero-order valence-corrected chi connectivity index (χ0v) is 10.4. The van der Waals surface area contributed by atoms with Crippen LogP contribution < -0.4 is 16.0 Å². The largest absolute Gasteiger partial charge is 0.357 e. The van der Waals surface area contributed by atoms with E-state index in [0.717, 1.165) is 0 Å². The molecule has 2 fully saturated rings. The maximum absolute atomic E-state index is 12.3. The van der Waals surface area contributed by atoms with Gasteiger partial charge in [0.2, 0.25) is 17.7 Å². The fourth-order valence-corrected chi connectivity index (χ4v) is 2.38. The molecule has 3 amide bonds. The minimum Gasteiger partial charge on any atom is -0.357 e. The summed E-state index contributed by atoms with van der Waals surface area (Å²) in [5, 5.41) is 8.31. The van der Waals surface area contributed by atoms with Crippen molar-refractivity contribution in [3.63, 3.8) is 0 Å². The molecule has 0 radical (unpaired) electrons. The average Bonchev–Trinajstić information content (AvgIpc) is 2.83. The van der Waals surface area contributed by atoms with Gasteiger partial charge in [0.05, 0.1) is 5.92 Å². The van der Waals surface area contributed by atoms with Gasteiger partial charge in [-0.15, -0.1) is 0 Å². The summed E-state index contributed by atoms with van der Waals surface area (Å²) in [7, 11) is 1.56. The molecule has 7 heteroatoms. The summed E-state index contributed by atoms with van der Waals surface area (Å²) in [4.78, 5) is 36.8. The second kappa shape index (κ2) is 5.34. The molecule has 2 aliphatic heterocycles. The van der Waals surface area contributed by atoms with Crippen LogP contribution in [-0.4, -0.2) is 61.9 Å². The number of nitrogens with one attached hydrogen (secondary N) is 3. The quantitative estimate of drug-likeness (QED) is 0.515. The lowest BCUT2D eigenvalue weighted by Gasteiger charge is -2.36. The monoisotopic (exact) mass is 254 g/mol. The molecule has 0 aromatic rings. The lowest BCUT2D eigenvalue weighted by molar-refractivity contribution is -0.144. The zero-order valence-electron chi connectivity index (χ0n) is 10.4. The predicted molar refractivity (Wildman–Crippen MR) is 63.6 cm³/mol. The molecule has 18 heavy (non-hydrogen) atoms. The van der Waals surface area contributed by atoms with Crippen molar-refractivity contribution < 1.29 is 14.4 Å². The number of likely N-dealkylation sites (N-methyl/N-ethyl adjacent to an activating group) is 1. The van der Waals surface area contributed by atoms with Crippen LogP contribution in [0.15, 0.2) is 0 Å². The van der Waals surface area contributed by atoms with E-state index in [4.69, 9.17) is 0 Å². The molecule has 3 N–H and O–H groups in total. The van der Waals surface area contributed by atoms with Crippen LogP contribution in [0.3, 0.4) is 0 Å². The number of hydrogen-bond acceptors (Lipinski definition) is 4. The smallest absolute Gasteiger partial charge is 0.243 e. The third-order valence-corrected chi connectivity index (χ3v) is 3.40. The van der Waals surface area contributed by atoms with Crippen molar-refractivity contribution in [2.75, 3.05) is 33.2 Å². The normalized spacial score (nSPS) is 27.8. The molecule has 0 saturated carbocycles. The Labute approximate surface area is 105 Å². The van der Waals surface area contributed by atoms with E-state index < -0.39 is 6.04 Å². The van der Waals surface area contributed by atoms with Gasteiger partial charge in [0.1, 0.15) is 6.04 Å². The first-order valence-electron chi connectivity index (χ1n) is 6.13. The predicted octanol–water partition coefficient (Wildman–Crippen LogP) is -2.33. The molecule has 0 spiro atoms. The molecule has 2 unspecified atom stereocenters. The first-order chi connectivity index (χ1) is 8.63. The number of nitrogens with zero attached hydrogens (tertiary/aromatic N) is 1. The Balaban J connectivity index is 2.06. The van der Waals surface area contributed by atoms with E-state index in [1.165, 1.54) is 0 Å². The standard InChI is InChI=1S/C11H18N4O3/c1-12-10(17)8-6-13-2-3-15(8)11(18)7-4-9(16)14-5-7/h7-8,13H,2-6H2,1H3,(H,12,17)(H,14,16). The number of rotatable bonds is 2.